The van der Waals surface area contributed by atoms with Gasteiger partial charge in [-0.2, -0.15) is 0 Å². The van der Waals surface area contributed by atoms with Crippen LogP contribution in [0.15, 0.2) is 50.8 Å². The van der Waals surface area contributed by atoms with Gasteiger partial charge in [0.1, 0.15) is 10.4 Å². The summed E-state index contributed by atoms with van der Waals surface area (Å²) in [5, 5.41) is 2.72. The van der Waals surface area contributed by atoms with Crippen LogP contribution in [0.4, 0.5) is 11.6 Å². The zero-order valence-corrected chi connectivity index (χ0v) is 18.8. The molecular weight excluding hydrogens is 440 g/mol. The van der Waals surface area contributed by atoms with E-state index in [-0.39, 0.29) is 5.43 Å². The SMILES string of the molecule is C=CS(=O)(=O)N(C)c1cc(-c2csc3c(=O)cc(N4CCOCC4)oc23)ccc1OC. The molecular formula is C21H22N2O6S2. The first-order valence-corrected chi connectivity index (χ1v) is 11.9. The van der Waals surface area contributed by atoms with E-state index < -0.39 is 10.0 Å². The molecule has 0 radical (unpaired) electrons. The molecule has 1 saturated heterocycles. The minimum absolute atomic E-state index is 0.112. The van der Waals surface area contributed by atoms with Gasteiger partial charge in [-0.3, -0.25) is 9.10 Å². The molecule has 0 atom stereocenters. The summed E-state index contributed by atoms with van der Waals surface area (Å²) < 4.78 is 43.1. The normalized spacial score (nSPS) is 14.6. The van der Waals surface area contributed by atoms with Gasteiger partial charge < -0.3 is 18.8 Å². The molecule has 3 heterocycles. The molecule has 8 nitrogen and oxygen atoms in total. The molecule has 0 spiro atoms. The highest BCUT2D eigenvalue weighted by molar-refractivity contribution is 7.95. The minimum Gasteiger partial charge on any atom is -0.495 e. The summed E-state index contributed by atoms with van der Waals surface area (Å²) in [7, 11) is -0.808. The summed E-state index contributed by atoms with van der Waals surface area (Å²) in [5.74, 6) is 0.896. The van der Waals surface area contributed by atoms with Crippen LogP contribution < -0.4 is 19.4 Å². The Kier molecular flexibility index (Phi) is 5.78. The Labute approximate surface area is 184 Å². The van der Waals surface area contributed by atoms with E-state index in [1.54, 1.807) is 18.2 Å². The van der Waals surface area contributed by atoms with Crippen molar-refractivity contribution in [3.05, 3.63) is 51.9 Å². The second kappa shape index (κ2) is 8.37. The molecule has 0 saturated carbocycles. The van der Waals surface area contributed by atoms with E-state index in [2.05, 4.69) is 6.58 Å². The number of ether oxygens (including phenoxy) is 2. The highest BCUT2D eigenvalue weighted by Gasteiger charge is 2.22. The van der Waals surface area contributed by atoms with Crippen molar-refractivity contribution in [3.8, 4) is 16.9 Å². The molecule has 0 bridgehead atoms. The van der Waals surface area contributed by atoms with Crippen LogP contribution in [0.5, 0.6) is 5.75 Å². The maximum absolute atomic E-state index is 12.7. The molecule has 164 valence electrons. The van der Waals surface area contributed by atoms with E-state index in [0.717, 1.165) is 9.71 Å². The minimum atomic E-state index is -3.71. The average molecular weight is 463 g/mol. The van der Waals surface area contributed by atoms with Crippen LogP contribution in [0.1, 0.15) is 0 Å². The van der Waals surface area contributed by atoms with Crippen molar-refractivity contribution in [1.82, 2.24) is 0 Å². The molecule has 0 aliphatic carbocycles. The van der Waals surface area contributed by atoms with Crippen LogP contribution in [0.25, 0.3) is 21.4 Å². The lowest BCUT2D eigenvalue weighted by Gasteiger charge is -2.27. The Morgan fingerprint density at radius 2 is 2.00 bits per heavy atom. The number of morpholine rings is 1. The number of benzene rings is 1. The first-order valence-electron chi connectivity index (χ1n) is 9.53. The summed E-state index contributed by atoms with van der Waals surface area (Å²) in [6.07, 6.45) is 0. The second-order valence-corrected chi connectivity index (χ2v) is 9.71. The molecule has 3 aromatic rings. The third-order valence-electron chi connectivity index (χ3n) is 5.17. The molecule has 10 heteroatoms. The summed E-state index contributed by atoms with van der Waals surface area (Å²) in [4.78, 5) is 14.7. The van der Waals surface area contributed by atoms with Gasteiger partial charge in [0.2, 0.25) is 5.43 Å². The summed E-state index contributed by atoms with van der Waals surface area (Å²) in [5.41, 5.74) is 2.13. The Bertz CT molecular complexity index is 1290. The number of sulfonamides is 1. The molecule has 0 amide bonds. The lowest BCUT2D eigenvalue weighted by atomic mass is 10.1. The lowest BCUT2D eigenvalue weighted by Crippen LogP contribution is -2.36. The number of nitrogens with zero attached hydrogens (tertiary/aromatic N) is 2. The molecule has 2 aromatic heterocycles. The largest absolute Gasteiger partial charge is 0.495 e. The number of fused-ring (bicyclic) bond motifs is 1. The van der Waals surface area contributed by atoms with Crippen LogP contribution in [0.3, 0.4) is 0 Å². The Morgan fingerprint density at radius 3 is 2.68 bits per heavy atom. The fourth-order valence-electron chi connectivity index (χ4n) is 3.42. The van der Waals surface area contributed by atoms with Gasteiger partial charge in [0.05, 0.1) is 26.0 Å². The topological polar surface area (TPSA) is 89.3 Å². The van der Waals surface area contributed by atoms with Crippen LogP contribution in [-0.2, 0) is 14.8 Å². The lowest BCUT2D eigenvalue weighted by molar-refractivity contribution is 0.121. The molecule has 1 fully saturated rings. The van der Waals surface area contributed by atoms with E-state index in [0.29, 0.717) is 65.0 Å². The van der Waals surface area contributed by atoms with Crippen LogP contribution in [-0.4, -0.2) is 48.9 Å². The van der Waals surface area contributed by atoms with E-state index in [1.165, 1.54) is 31.6 Å². The quantitative estimate of drug-likeness (QED) is 0.555. The number of anilines is 2. The van der Waals surface area contributed by atoms with Gasteiger partial charge >= 0.3 is 0 Å². The van der Waals surface area contributed by atoms with E-state index in [9.17, 15) is 13.2 Å². The maximum atomic E-state index is 12.7. The van der Waals surface area contributed by atoms with Crippen LogP contribution >= 0.6 is 11.3 Å². The van der Waals surface area contributed by atoms with E-state index in [4.69, 9.17) is 13.9 Å². The average Bonchev–Trinajstić information content (AvgIpc) is 3.23. The van der Waals surface area contributed by atoms with Gasteiger partial charge in [-0.25, -0.2) is 8.42 Å². The maximum Gasteiger partial charge on any atom is 0.256 e. The van der Waals surface area contributed by atoms with Gasteiger partial charge in [0.15, 0.2) is 11.5 Å². The number of methoxy groups -OCH3 is 1. The summed E-state index contributed by atoms with van der Waals surface area (Å²) in [6.45, 7) is 5.81. The van der Waals surface area contributed by atoms with Gasteiger partial charge in [0, 0.05) is 42.6 Å². The van der Waals surface area contributed by atoms with Crippen molar-refractivity contribution >= 4 is 43.2 Å². The van der Waals surface area contributed by atoms with Crippen molar-refractivity contribution < 1.29 is 22.3 Å². The third kappa shape index (κ3) is 3.93. The molecule has 1 aliphatic rings. The molecule has 1 aliphatic heterocycles. The predicted molar refractivity (Wildman–Crippen MR) is 123 cm³/mol. The first kappa shape index (κ1) is 21.4. The van der Waals surface area contributed by atoms with Gasteiger partial charge in [-0.1, -0.05) is 12.6 Å². The Balaban J connectivity index is 1.85. The van der Waals surface area contributed by atoms with Gasteiger partial charge in [-0.05, 0) is 17.7 Å². The molecule has 1 aromatic carbocycles. The van der Waals surface area contributed by atoms with E-state index >= 15 is 0 Å². The summed E-state index contributed by atoms with van der Waals surface area (Å²) >= 11 is 1.30. The van der Waals surface area contributed by atoms with Crippen molar-refractivity contribution in [2.24, 2.45) is 0 Å². The standard InChI is InChI=1S/C21H22N2O6S2/c1-4-31(25,26)22(2)16-11-14(5-6-18(16)27-3)15-13-30-21-17(24)12-19(29-20(15)21)23-7-9-28-10-8-23/h4-6,11-13H,1,7-10H2,2-3H3. The number of hydrogen-bond acceptors (Lipinski definition) is 8. The van der Waals surface area contributed by atoms with Crippen LogP contribution in [0, 0.1) is 0 Å². The van der Waals surface area contributed by atoms with Gasteiger partial charge in [-0.15, -0.1) is 11.3 Å². The van der Waals surface area contributed by atoms with Crippen LogP contribution in [0.2, 0.25) is 0 Å². The van der Waals surface area contributed by atoms with Gasteiger partial charge in [0.25, 0.3) is 10.0 Å². The van der Waals surface area contributed by atoms with E-state index in [1.807, 2.05) is 10.3 Å². The molecule has 0 unspecified atom stereocenters. The summed E-state index contributed by atoms with van der Waals surface area (Å²) in [6, 6.07) is 6.70. The highest BCUT2D eigenvalue weighted by Crippen LogP contribution is 2.39. The van der Waals surface area contributed by atoms with Crippen molar-refractivity contribution in [2.45, 2.75) is 0 Å². The molecule has 0 N–H and O–H groups in total. The number of rotatable bonds is 6. The number of thiophene rings is 1. The fraction of sp³-hybridized carbons (Fsp3) is 0.286. The first-order chi connectivity index (χ1) is 14.9. The highest BCUT2D eigenvalue weighted by atomic mass is 32.2. The smallest absolute Gasteiger partial charge is 0.256 e. The zero-order chi connectivity index (χ0) is 22.2. The van der Waals surface area contributed by atoms with Crippen molar-refractivity contribution in [2.75, 3.05) is 49.7 Å². The molecule has 4 rings (SSSR count). The monoisotopic (exact) mass is 462 g/mol. The second-order valence-electron chi connectivity index (χ2n) is 6.92. The Hall–Kier alpha value is -2.82. The predicted octanol–water partition coefficient (Wildman–Crippen LogP) is 3.28. The fourth-order valence-corrected chi connectivity index (χ4v) is 4.97. The van der Waals surface area contributed by atoms with Crippen molar-refractivity contribution in [3.63, 3.8) is 0 Å². The zero-order valence-electron chi connectivity index (χ0n) is 17.2. The Morgan fingerprint density at radius 1 is 1.26 bits per heavy atom. The third-order valence-corrected chi connectivity index (χ3v) is 7.53. The molecule has 31 heavy (non-hydrogen) atoms. The number of hydrogen-bond donors (Lipinski definition) is 0. The van der Waals surface area contributed by atoms with Crippen molar-refractivity contribution in [1.29, 1.82) is 0 Å².